The third-order valence-electron chi connectivity index (χ3n) is 11.5. The lowest BCUT2D eigenvalue weighted by molar-refractivity contribution is 0.0255. The molecule has 3 aliphatic rings. The fourth-order valence-corrected chi connectivity index (χ4v) is 8.30. The van der Waals surface area contributed by atoms with E-state index in [1.165, 1.54) is 27.8 Å². The van der Waals surface area contributed by atoms with Crippen molar-refractivity contribution in [3.05, 3.63) is 142 Å². The standard InChI is InChI=1S/C47H53N5O6/c53-41(26-48-46(55)36-6-3-7-44(25-36)58-43-16-20-57-21-17-43)31-52-19-15-34-22-32(8-9-39(34)29-52)23-40-12-10-35-24-37(11-13-45(35)50-40)47(56)49-27-42(54)30-51-18-14-33-4-1-2-5-38(33)28-51/h1-13,22,24-25,41-43,53-54H,14-21,23,26-31H2,(H,48,55)(H,49,56)/t41-,42?/m1/s1. The third-order valence-corrected chi connectivity index (χ3v) is 11.5. The van der Waals surface area contributed by atoms with Gasteiger partial charge in [-0.05, 0) is 83.1 Å². The van der Waals surface area contributed by atoms with Crippen LogP contribution in [0.4, 0.5) is 0 Å². The molecule has 3 aliphatic heterocycles. The highest BCUT2D eigenvalue weighted by Gasteiger charge is 2.22. The molecule has 5 aromatic rings. The van der Waals surface area contributed by atoms with Crippen LogP contribution in [-0.4, -0.2) is 108 Å². The lowest BCUT2D eigenvalue weighted by Crippen LogP contribution is -2.42. The average molecular weight is 784 g/mol. The number of aliphatic hydroxyl groups excluding tert-OH is 2. The Balaban J connectivity index is 0.781. The van der Waals surface area contributed by atoms with Crippen molar-refractivity contribution in [2.24, 2.45) is 0 Å². The molecule has 1 unspecified atom stereocenters. The first-order valence-electron chi connectivity index (χ1n) is 20.6. The summed E-state index contributed by atoms with van der Waals surface area (Å²) in [6.45, 7) is 5.99. The zero-order chi connectivity index (χ0) is 39.8. The molecular formula is C47H53N5O6. The minimum atomic E-state index is -0.696. The summed E-state index contributed by atoms with van der Waals surface area (Å²) < 4.78 is 11.5. The number of carbonyl (C=O) groups excluding carboxylic acids is 2. The second-order valence-electron chi connectivity index (χ2n) is 15.9. The number of β-amino-alcohol motifs (C(OH)–C–C–N with tert-alkyl or cyclic N) is 2. The fraction of sp³-hybridized carbons (Fsp3) is 0.383. The van der Waals surface area contributed by atoms with E-state index in [9.17, 15) is 19.8 Å². The Morgan fingerprint density at radius 2 is 1.40 bits per heavy atom. The molecule has 0 radical (unpaired) electrons. The van der Waals surface area contributed by atoms with E-state index in [1.54, 1.807) is 18.2 Å². The van der Waals surface area contributed by atoms with Crippen molar-refractivity contribution in [2.75, 3.05) is 52.5 Å². The number of hydrogen-bond donors (Lipinski definition) is 4. The van der Waals surface area contributed by atoms with E-state index in [0.717, 1.165) is 68.5 Å². The van der Waals surface area contributed by atoms with Crippen LogP contribution in [0, 0.1) is 0 Å². The van der Waals surface area contributed by atoms with Gasteiger partial charge in [0.05, 0.1) is 30.9 Å². The van der Waals surface area contributed by atoms with Gasteiger partial charge in [-0.3, -0.25) is 24.4 Å². The first-order valence-corrected chi connectivity index (χ1v) is 20.6. The van der Waals surface area contributed by atoms with E-state index in [4.69, 9.17) is 14.5 Å². The topological polar surface area (TPSA) is 136 Å². The van der Waals surface area contributed by atoms with Crippen molar-refractivity contribution >= 4 is 22.7 Å². The van der Waals surface area contributed by atoms with Crippen LogP contribution in [0.3, 0.4) is 0 Å². The maximum atomic E-state index is 13.0. The first kappa shape index (κ1) is 39.6. The number of amides is 2. The largest absolute Gasteiger partial charge is 0.490 e. The second kappa shape index (κ2) is 18.6. The van der Waals surface area contributed by atoms with Gasteiger partial charge in [-0.1, -0.05) is 54.6 Å². The highest BCUT2D eigenvalue weighted by Crippen LogP contribution is 2.24. The van der Waals surface area contributed by atoms with Crippen molar-refractivity contribution in [2.45, 2.75) is 63.5 Å². The van der Waals surface area contributed by atoms with E-state index >= 15 is 0 Å². The lowest BCUT2D eigenvalue weighted by atomic mass is 9.95. The number of fused-ring (bicyclic) bond motifs is 3. The summed E-state index contributed by atoms with van der Waals surface area (Å²) in [6, 6.07) is 31.8. The van der Waals surface area contributed by atoms with Crippen molar-refractivity contribution < 1.29 is 29.3 Å². The highest BCUT2D eigenvalue weighted by atomic mass is 16.5. The van der Waals surface area contributed by atoms with E-state index in [0.29, 0.717) is 49.6 Å². The molecule has 1 saturated heterocycles. The van der Waals surface area contributed by atoms with E-state index in [2.05, 4.69) is 62.9 Å². The van der Waals surface area contributed by atoms with Crippen LogP contribution in [0.15, 0.2) is 97.1 Å². The average Bonchev–Trinajstić information content (AvgIpc) is 3.25. The molecule has 8 rings (SSSR count). The van der Waals surface area contributed by atoms with Gasteiger partial charge in [0, 0.05) is 93.8 Å². The summed E-state index contributed by atoms with van der Waals surface area (Å²) in [6.07, 6.45) is 2.96. The molecule has 0 bridgehead atoms. The maximum absolute atomic E-state index is 13.0. The Morgan fingerprint density at radius 3 is 2.14 bits per heavy atom. The molecule has 11 heteroatoms. The Kier molecular flexibility index (Phi) is 12.7. The predicted molar refractivity (Wildman–Crippen MR) is 223 cm³/mol. The summed E-state index contributed by atoms with van der Waals surface area (Å²) in [5.74, 6) is 0.228. The maximum Gasteiger partial charge on any atom is 0.251 e. The summed E-state index contributed by atoms with van der Waals surface area (Å²) in [7, 11) is 0. The molecule has 4 heterocycles. The van der Waals surface area contributed by atoms with Crippen LogP contribution in [-0.2, 0) is 37.1 Å². The van der Waals surface area contributed by atoms with E-state index in [-0.39, 0.29) is 31.0 Å². The number of aromatic nitrogens is 1. The van der Waals surface area contributed by atoms with Gasteiger partial charge in [-0.2, -0.15) is 0 Å². The Labute approximate surface area is 340 Å². The Morgan fingerprint density at radius 1 is 0.724 bits per heavy atom. The van der Waals surface area contributed by atoms with Gasteiger partial charge < -0.3 is 30.3 Å². The van der Waals surface area contributed by atoms with Crippen LogP contribution in [0.5, 0.6) is 5.75 Å². The number of aliphatic hydroxyl groups is 2. The van der Waals surface area contributed by atoms with Crippen LogP contribution in [0.1, 0.15) is 67.1 Å². The fourth-order valence-electron chi connectivity index (χ4n) is 8.30. The summed E-state index contributed by atoms with van der Waals surface area (Å²) in [5, 5.41) is 28.2. The van der Waals surface area contributed by atoms with Crippen molar-refractivity contribution in [1.82, 2.24) is 25.4 Å². The van der Waals surface area contributed by atoms with Crippen molar-refractivity contribution in [1.29, 1.82) is 0 Å². The lowest BCUT2D eigenvalue weighted by Gasteiger charge is -2.30. The number of hydrogen-bond acceptors (Lipinski definition) is 9. The first-order chi connectivity index (χ1) is 28.3. The third kappa shape index (κ3) is 10.3. The van der Waals surface area contributed by atoms with Gasteiger partial charge in [-0.15, -0.1) is 0 Å². The number of ether oxygens (including phenoxy) is 2. The zero-order valence-corrected chi connectivity index (χ0v) is 32.9. The van der Waals surface area contributed by atoms with Gasteiger partial charge in [0.25, 0.3) is 11.8 Å². The molecule has 302 valence electrons. The van der Waals surface area contributed by atoms with E-state index in [1.807, 2.05) is 36.4 Å². The molecule has 58 heavy (non-hydrogen) atoms. The minimum absolute atomic E-state index is 0.0956. The Bertz CT molecular complexity index is 2220. The van der Waals surface area contributed by atoms with Gasteiger partial charge >= 0.3 is 0 Å². The van der Waals surface area contributed by atoms with Gasteiger partial charge in [0.1, 0.15) is 11.9 Å². The van der Waals surface area contributed by atoms with Gasteiger partial charge in [-0.25, -0.2) is 0 Å². The molecule has 1 aromatic heterocycles. The number of carbonyl (C=O) groups is 2. The van der Waals surface area contributed by atoms with Gasteiger partial charge in [0.15, 0.2) is 0 Å². The number of nitrogens with zero attached hydrogens (tertiary/aromatic N) is 3. The van der Waals surface area contributed by atoms with Gasteiger partial charge in [0.2, 0.25) is 0 Å². The summed E-state index contributed by atoms with van der Waals surface area (Å²) in [5.41, 5.74) is 9.25. The normalized spacial score (nSPS) is 17.2. The molecule has 2 amide bonds. The van der Waals surface area contributed by atoms with Crippen LogP contribution < -0.4 is 15.4 Å². The summed E-state index contributed by atoms with van der Waals surface area (Å²) >= 11 is 0. The van der Waals surface area contributed by atoms with Crippen molar-refractivity contribution in [3.8, 4) is 5.75 Å². The summed E-state index contributed by atoms with van der Waals surface area (Å²) in [4.78, 5) is 35.3. The molecule has 0 aliphatic carbocycles. The zero-order valence-electron chi connectivity index (χ0n) is 32.9. The highest BCUT2D eigenvalue weighted by molar-refractivity contribution is 5.98. The number of nitrogens with one attached hydrogen (secondary N) is 2. The van der Waals surface area contributed by atoms with Crippen LogP contribution in [0.25, 0.3) is 10.9 Å². The van der Waals surface area contributed by atoms with E-state index < -0.39 is 12.2 Å². The predicted octanol–water partition coefficient (Wildman–Crippen LogP) is 4.68. The quantitative estimate of drug-likeness (QED) is 0.127. The molecule has 2 atom stereocenters. The monoisotopic (exact) mass is 783 g/mol. The molecule has 1 fully saturated rings. The molecule has 4 aromatic carbocycles. The number of rotatable bonds is 14. The number of benzene rings is 4. The molecule has 0 saturated carbocycles. The number of pyridine rings is 1. The van der Waals surface area contributed by atoms with Crippen LogP contribution >= 0.6 is 0 Å². The van der Waals surface area contributed by atoms with Crippen molar-refractivity contribution in [3.63, 3.8) is 0 Å². The minimum Gasteiger partial charge on any atom is -0.490 e. The smallest absolute Gasteiger partial charge is 0.251 e. The second-order valence-corrected chi connectivity index (χ2v) is 15.9. The van der Waals surface area contributed by atoms with Crippen LogP contribution in [0.2, 0.25) is 0 Å². The molecular weight excluding hydrogens is 731 g/mol. The molecule has 0 spiro atoms. The SMILES string of the molecule is O=C(NCC(O)CN1CCc2ccccc2C1)c1ccc2nc(Cc3ccc4c(c3)CCN(C[C@H](O)CNC(=O)c3cccc(OC5CCOCC5)c3)C4)ccc2c1. The molecule has 4 N–H and O–H groups in total. The Hall–Kier alpha value is -5.17. The molecule has 11 nitrogen and oxygen atoms in total.